The van der Waals surface area contributed by atoms with E-state index in [0.29, 0.717) is 31.0 Å². The summed E-state index contributed by atoms with van der Waals surface area (Å²) in [6, 6.07) is 6.81. The van der Waals surface area contributed by atoms with Crippen molar-refractivity contribution in [2.75, 3.05) is 39.4 Å². The van der Waals surface area contributed by atoms with Crippen molar-refractivity contribution in [3.8, 4) is 0 Å². The van der Waals surface area contributed by atoms with Gasteiger partial charge in [0.2, 0.25) is 0 Å². The molecule has 0 bridgehead atoms. The molecule has 1 aromatic carbocycles. The lowest BCUT2D eigenvalue weighted by atomic mass is 9.92. The van der Waals surface area contributed by atoms with Crippen LogP contribution >= 0.6 is 0 Å². The molecule has 0 aromatic heterocycles. The average Bonchev–Trinajstić information content (AvgIpc) is 2.82. The number of likely N-dealkylation sites (tertiary alicyclic amines) is 1. The highest BCUT2D eigenvalue weighted by Gasteiger charge is 2.39. The summed E-state index contributed by atoms with van der Waals surface area (Å²) in [4.78, 5) is 42.4. The predicted molar refractivity (Wildman–Crippen MR) is 129 cm³/mol. The molecule has 2 atom stereocenters. The summed E-state index contributed by atoms with van der Waals surface area (Å²) < 4.78 is 10.7. The topological polar surface area (TPSA) is 88.2 Å². The zero-order valence-corrected chi connectivity index (χ0v) is 20.3. The molecule has 0 saturated carbocycles. The number of esters is 2. The van der Waals surface area contributed by atoms with E-state index >= 15 is 0 Å². The molecule has 2 heterocycles. The molecule has 1 fully saturated rings. The Morgan fingerprint density at radius 1 is 1.18 bits per heavy atom. The number of benzene rings is 1. The third-order valence-corrected chi connectivity index (χ3v) is 6.15. The molecule has 34 heavy (non-hydrogen) atoms. The van der Waals surface area contributed by atoms with Crippen LogP contribution in [0.25, 0.3) is 0 Å². The summed E-state index contributed by atoms with van der Waals surface area (Å²) in [7, 11) is 0. The predicted octanol–water partition coefficient (Wildman–Crippen LogP) is 3.34. The van der Waals surface area contributed by atoms with Gasteiger partial charge in [-0.1, -0.05) is 35.9 Å². The summed E-state index contributed by atoms with van der Waals surface area (Å²) in [6.07, 6.45) is 3.23. The minimum absolute atomic E-state index is 0.200. The highest BCUT2D eigenvalue weighted by Crippen LogP contribution is 2.33. The van der Waals surface area contributed by atoms with Crippen LogP contribution in [-0.4, -0.2) is 67.2 Å². The molecule has 0 spiro atoms. The van der Waals surface area contributed by atoms with E-state index in [2.05, 4.69) is 16.8 Å². The number of aryl methyl sites for hydroxylation is 1. The fraction of sp³-hybridized carbons (Fsp3) is 0.500. The number of carbonyl (C=O) groups excluding carboxylic acids is 3. The van der Waals surface area contributed by atoms with Crippen LogP contribution in [0.5, 0.6) is 0 Å². The summed E-state index contributed by atoms with van der Waals surface area (Å²) in [5.41, 5.74) is 2.88. The third-order valence-electron chi connectivity index (χ3n) is 6.15. The van der Waals surface area contributed by atoms with E-state index in [1.165, 1.54) is 4.90 Å². The van der Waals surface area contributed by atoms with Gasteiger partial charge in [0.05, 0.1) is 30.7 Å². The number of nitrogens with zero attached hydrogens (tertiary/aromatic N) is 2. The largest absolute Gasteiger partial charge is 0.466 e. The molecule has 8 heteroatoms. The molecule has 0 unspecified atom stereocenters. The summed E-state index contributed by atoms with van der Waals surface area (Å²) in [6.45, 7) is 11.8. The minimum Gasteiger partial charge on any atom is -0.466 e. The highest BCUT2D eigenvalue weighted by molar-refractivity contribution is 5.95. The second-order valence-electron chi connectivity index (χ2n) is 8.60. The van der Waals surface area contributed by atoms with Crippen LogP contribution in [0.15, 0.2) is 48.2 Å². The number of nitrogens with one attached hydrogen (secondary N) is 1. The summed E-state index contributed by atoms with van der Waals surface area (Å²) >= 11 is 0. The lowest BCUT2D eigenvalue weighted by Crippen LogP contribution is -2.52. The van der Waals surface area contributed by atoms with E-state index in [4.69, 9.17) is 9.47 Å². The van der Waals surface area contributed by atoms with Crippen molar-refractivity contribution >= 4 is 18.0 Å². The van der Waals surface area contributed by atoms with Gasteiger partial charge in [-0.05, 0) is 45.7 Å². The van der Waals surface area contributed by atoms with Gasteiger partial charge in [-0.2, -0.15) is 0 Å². The quantitative estimate of drug-likeness (QED) is 0.441. The summed E-state index contributed by atoms with van der Waals surface area (Å²) in [5.74, 6) is -0.886. The van der Waals surface area contributed by atoms with Crippen LogP contribution in [0.1, 0.15) is 43.9 Å². The number of amides is 2. The van der Waals surface area contributed by atoms with Crippen molar-refractivity contribution < 1.29 is 23.9 Å². The van der Waals surface area contributed by atoms with Gasteiger partial charge in [0.15, 0.2) is 0 Å². The molecule has 2 aliphatic heterocycles. The minimum atomic E-state index is -0.631. The Hall–Kier alpha value is -3.13. The first-order valence-electron chi connectivity index (χ1n) is 11.9. The van der Waals surface area contributed by atoms with Crippen molar-refractivity contribution in [2.24, 2.45) is 5.92 Å². The van der Waals surface area contributed by atoms with Gasteiger partial charge in [0.25, 0.3) is 0 Å². The zero-order valence-electron chi connectivity index (χ0n) is 20.3. The maximum atomic E-state index is 13.2. The second kappa shape index (κ2) is 11.8. The smallest absolute Gasteiger partial charge is 0.338 e. The summed E-state index contributed by atoms with van der Waals surface area (Å²) in [5, 5.41) is 2.98. The SMILES string of the molecule is C=CCN1C(=O)N[C@H](c2ccc(C)cc2)C(C(=O)OCC)=C1CN1CCC[C@@H](C(=O)OCC)C1. The van der Waals surface area contributed by atoms with Crippen LogP contribution in [0, 0.1) is 12.8 Å². The van der Waals surface area contributed by atoms with E-state index in [9.17, 15) is 14.4 Å². The molecule has 0 radical (unpaired) electrons. The number of carbonyl (C=O) groups is 3. The van der Waals surface area contributed by atoms with Crippen LogP contribution in [0.2, 0.25) is 0 Å². The molecule has 184 valence electrons. The molecular formula is C26H35N3O5. The Morgan fingerprint density at radius 2 is 1.88 bits per heavy atom. The van der Waals surface area contributed by atoms with Crippen molar-refractivity contribution in [1.29, 1.82) is 0 Å². The fourth-order valence-corrected chi connectivity index (χ4v) is 4.52. The van der Waals surface area contributed by atoms with E-state index in [1.807, 2.05) is 31.2 Å². The highest BCUT2D eigenvalue weighted by atomic mass is 16.5. The van der Waals surface area contributed by atoms with E-state index in [1.54, 1.807) is 19.9 Å². The number of hydrogen-bond donors (Lipinski definition) is 1. The fourth-order valence-electron chi connectivity index (χ4n) is 4.52. The van der Waals surface area contributed by atoms with Gasteiger partial charge in [0.1, 0.15) is 0 Å². The van der Waals surface area contributed by atoms with Gasteiger partial charge in [-0.3, -0.25) is 14.6 Å². The zero-order chi connectivity index (χ0) is 24.7. The standard InChI is InChI=1S/C26H35N3O5/c1-5-14-29-21(17-28-15-8-9-20(16-28)24(30)33-6-2)22(25(31)34-7-3)23(27-26(29)32)19-12-10-18(4)11-13-19/h5,10-13,20,23H,1,6-9,14-17H2,2-4H3,(H,27,32)/t20-,23-/m1/s1. The Balaban J connectivity index is 2.02. The number of urea groups is 1. The number of rotatable bonds is 9. The van der Waals surface area contributed by atoms with E-state index in [0.717, 1.165) is 30.5 Å². The van der Waals surface area contributed by atoms with Crippen LogP contribution in [0.3, 0.4) is 0 Å². The molecule has 3 rings (SSSR count). The monoisotopic (exact) mass is 469 g/mol. The Labute approximate surface area is 201 Å². The first-order chi connectivity index (χ1) is 16.4. The Kier molecular flexibility index (Phi) is 8.87. The maximum Gasteiger partial charge on any atom is 0.338 e. The molecule has 0 aliphatic carbocycles. The average molecular weight is 470 g/mol. The van der Waals surface area contributed by atoms with Gasteiger partial charge in [-0.25, -0.2) is 9.59 Å². The van der Waals surface area contributed by atoms with E-state index < -0.39 is 12.0 Å². The van der Waals surface area contributed by atoms with Crippen molar-refractivity contribution in [3.05, 3.63) is 59.3 Å². The van der Waals surface area contributed by atoms with Crippen molar-refractivity contribution in [2.45, 2.75) is 39.7 Å². The van der Waals surface area contributed by atoms with Gasteiger partial charge in [-0.15, -0.1) is 6.58 Å². The third kappa shape index (κ3) is 5.86. The normalized spacial score (nSPS) is 21.1. The molecule has 2 amide bonds. The van der Waals surface area contributed by atoms with Crippen molar-refractivity contribution in [3.63, 3.8) is 0 Å². The second-order valence-corrected chi connectivity index (χ2v) is 8.60. The first kappa shape index (κ1) is 25.5. The Morgan fingerprint density at radius 3 is 2.53 bits per heavy atom. The number of hydrogen-bond acceptors (Lipinski definition) is 6. The van der Waals surface area contributed by atoms with Gasteiger partial charge >= 0.3 is 18.0 Å². The number of ether oxygens (including phenoxy) is 2. The molecule has 8 nitrogen and oxygen atoms in total. The van der Waals surface area contributed by atoms with Crippen LogP contribution in [-0.2, 0) is 19.1 Å². The van der Waals surface area contributed by atoms with Gasteiger partial charge in [0, 0.05) is 25.3 Å². The van der Waals surface area contributed by atoms with Crippen LogP contribution < -0.4 is 5.32 Å². The Bertz CT molecular complexity index is 940. The van der Waals surface area contributed by atoms with Gasteiger partial charge < -0.3 is 14.8 Å². The lowest BCUT2D eigenvalue weighted by Gasteiger charge is -2.39. The van der Waals surface area contributed by atoms with E-state index in [-0.39, 0.29) is 31.1 Å². The molecule has 1 saturated heterocycles. The molecule has 2 aliphatic rings. The first-order valence-corrected chi connectivity index (χ1v) is 11.9. The molecule has 1 aromatic rings. The molecular weight excluding hydrogens is 434 g/mol. The maximum absolute atomic E-state index is 13.2. The molecule has 1 N–H and O–H groups in total. The van der Waals surface area contributed by atoms with Crippen LogP contribution in [0.4, 0.5) is 4.79 Å². The number of piperidine rings is 1. The lowest BCUT2D eigenvalue weighted by molar-refractivity contribution is -0.150. The van der Waals surface area contributed by atoms with Crippen molar-refractivity contribution in [1.82, 2.24) is 15.1 Å².